The maximum Gasteiger partial charge on any atom is 0.186 e. The molecule has 1 radical (unpaired) electrons. The molecule has 0 aromatic heterocycles. The van der Waals surface area contributed by atoms with Crippen molar-refractivity contribution >= 4 is 9.47 Å². The molecule has 0 aliphatic carbocycles. The van der Waals surface area contributed by atoms with Crippen LogP contribution in [-0.4, -0.2) is 31.1 Å². The zero-order chi connectivity index (χ0) is 11.0. The van der Waals surface area contributed by atoms with E-state index >= 15 is 0 Å². The van der Waals surface area contributed by atoms with E-state index < -0.39 is 6.29 Å². The second-order valence-corrected chi connectivity index (χ2v) is 4.29. The molecule has 2 aliphatic rings. The van der Waals surface area contributed by atoms with Gasteiger partial charge in [0.15, 0.2) is 6.29 Å². The first kappa shape index (κ1) is 15.4. The van der Waals surface area contributed by atoms with Gasteiger partial charge in [0.05, 0.1) is 12.7 Å². The van der Waals surface area contributed by atoms with Gasteiger partial charge in [0.1, 0.15) is 6.10 Å². The molecule has 6 atom stereocenters. The molecule has 6 unspecified atom stereocenters. The Balaban J connectivity index is 0.00000128. The summed E-state index contributed by atoms with van der Waals surface area (Å²) < 4.78 is 21.8. The molecule has 0 spiro atoms. The van der Waals surface area contributed by atoms with Crippen molar-refractivity contribution in [3.8, 4) is 0 Å². The molecule has 2 fully saturated rings. The summed E-state index contributed by atoms with van der Waals surface area (Å²) >= 11 is 0. The van der Waals surface area contributed by atoms with Gasteiger partial charge in [-0.1, -0.05) is 6.29 Å². The van der Waals surface area contributed by atoms with Crippen molar-refractivity contribution in [3.05, 3.63) is 6.29 Å². The molecule has 0 saturated carbocycles. The summed E-state index contributed by atoms with van der Waals surface area (Å²) in [6, 6.07) is 0.0115. The van der Waals surface area contributed by atoms with E-state index in [9.17, 15) is 0 Å². The third-order valence-corrected chi connectivity index (χ3v) is 3.15. The predicted molar refractivity (Wildman–Crippen MR) is 56.3 cm³/mol. The maximum atomic E-state index is 5.88. The Morgan fingerprint density at radius 2 is 2.06 bits per heavy atom. The van der Waals surface area contributed by atoms with Crippen molar-refractivity contribution in [1.82, 2.24) is 0 Å². The van der Waals surface area contributed by atoms with Gasteiger partial charge in [-0.05, 0) is 6.92 Å². The summed E-state index contributed by atoms with van der Waals surface area (Å²) in [6.07, 6.45) is -0.114. The van der Waals surface area contributed by atoms with Crippen LogP contribution in [0.1, 0.15) is 13.8 Å². The Kier molecular flexibility index (Phi) is 6.24. The van der Waals surface area contributed by atoms with Crippen LogP contribution in [0.3, 0.4) is 0 Å². The quantitative estimate of drug-likeness (QED) is 0.589. The van der Waals surface area contributed by atoms with E-state index in [0.29, 0.717) is 12.9 Å². The van der Waals surface area contributed by atoms with Crippen LogP contribution < -0.4 is 5.73 Å². The zero-order valence-corrected chi connectivity index (χ0v) is 13.5. The maximum absolute atomic E-state index is 5.88. The van der Waals surface area contributed by atoms with Crippen LogP contribution in [0.4, 0.5) is 0 Å². The molecular weight excluding hydrogens is 306 g/mol. The van der Waals surface area contributed by atoms with Crippen LogP contribution >= 0.6 is 9.47 Å². The van der Waals surface area contributed by atoms with Crippen molar-refractivity contribution < 1.29 is 51.4 Å². The van der Waals surface area contributed by atoms with E-state index in [-0.39, 0.29) is 56.9 Å². The van der Waals surface area contributed by atoms with Gasteiger partial charge in [-0.15, -0.1) is 6.92 Å². The van der Waals surface area contributed by atoms with Gasteiger partial charge in [0.25, 0.3) is 0 Å². The van der Waals surface area contributed by atoms with Crippen molar-refractivity contribution in [1.29, 1.82) is 0 Å². The van der Waals surface area contributed by atoms with Gasteiger partial charge >= 0.3 is 0 Å². The van der Waals surface area contributed by atoms with E-state index in [4.69, 9.17) is 24.5 Å². The first-order chi connectivity index (χ1) is 7.13. The summed E-state index contributed by atoms with van der Waals surface area (Å²) in [5, 5.41) is 0. The molecule has 5 nitrogen and oxygen atoms in total. The van der Waals surface area contributed by atoms with Crippen LogP contribution in [0.25, 0.3) is 0 Å². The van der Waals surface area contributed by atoms with E-state index in [1.165, 1.54) is 0 Å². The molecule has 0 aromatic carbocycles. The molecule has 91 valence electrons. The van der Waals surface area contributed by atoms with Crippen LogP contribution in [0.2, 0.25) is 0 Å². The first-order valence-corrected chi connectivity index (χ1v) is 5.50. The molecule has 0 amide bonds. The van der Waals surface area contributed by atoms with Crippen molar-refractivity contribution in [3.63, 3.8) is 0 Å². The van der Waals surface area contributed by atoms with Gasteiger partial charge in [-0.2, -0.15) is 0 Å². The normalized spacial score (nSPS) is 41.2. The molecule has 0 bridgehead atoms. The minimum absolute atomic E-state index is 0. The molecule has 7 heteroatoms. The SMILES string of the molecule is C[C-]1OC2C(OP)OCC(C(C)N)C2O1.[Y]. The largest absolute Gasteiger partial charge is 0.517 e. The molecule has 0 aromatic rings. The van der Waals surface area contributed by atoms with Gasteiger partial charge < -0.3 is 24.5 Å². The van der Waals surface area contributed by atoms with Crippen LogP contribution in [0.5, 0.6) is 0 Å². The van der Waals surface area contributed by atoms with Crippen molar-refractivity contribution in [2.45, 2.75) is 38.4 Å². The van der Waals surface area contributed by atoms with Crippen LogP contribution in [0, 0.1) is 12.2 Å². The second kappa shape index (κ2) is 6.49. The fraction of sp³-hybridized carbons (Fsp3) is 0.889. The summed E-state index contributed by atoms with van der Waals surface area (Å²) in [4.78, 5) is 0. The number of fused-ring (bicyclic) bond motifs is 1. The molecule has 16 heavy (non-hydrogen) atoms. The minimum Gasteiger partial charge on any atom is -0.517 e. The minimum atomic E-state index is -0.396. The molecule has 2 N–H and O–H groups in total. The van der Waals surface area contributed by atoms with E-state index in [1.807, 2.05) is 6.92 Å². The topological polar surface area (TPSA) is 62.9 Å². The molecule has 2 heterocycles. The third-order valence-electron chi connectivity index (χ3n) is 2.88. The number of hydrogen-bond acceptors (Lipinski definition) is 5. The molecule has 2 rings (SSSR count). The summed E-state index contributed by atoms with van der Waals surface area (Å²) in [6.45, 7) is 4.27. The average Bonchev–Trinajstić information content (AvgIpc) is 2.56. The van der Waals surface area contributed by atoms with Gasteiger partial charge in [0, 0.05) is 54.1 Å². The monoisotopic (exact) mass is 323 g/mol. The Labute approximate surface area is 123 Å². The van der Waals surface area contributed by atoms with Gasteiger partial charge in [-0.3, -0.25) is 0 Å². The van der Waals surface area contributed by atoms with Crippen LogP contribution in [-0.2, 0) is 51.4 Å². The van der Waals surface area contributed by atoms with Gasteiger partial charge in [-0.25, -0.2) is 0 Å². The Morgan fingerprint density at radius 3 is 2.62 bits per heavy atom. The fourth-order valence-electron chi connectivity index (χ4n) is 2.05. The van der Waals surface area contributed by atoms with Gasteiger partial charge in [0.2, 0.25) is 0 Å². The van der Waals surface area contributed by atoms with Crippen LogP contribution in [0.15, 0.2) is 0 Å². The third kappa shape index (κ3) is 3.01. The average molecular weight is 323 g/mol. The predicted octanol–water partition coefficient (Wildman–Crippen LogP) is 0.404. The van der Waals surface area contributed by atoms with E-state index in [0.717, 1.165) is 0 Å². The molecular formula is C9H17NO4PY-. The summed E-state index contributed by atoms with van der Waals surface area (Å²) in [5.74, 6) is 0.142. The standard InChI is InChI=1S/C9H17NO4P.Y/c1-4(10)6-3-11-9(14-15)8-7(6)12-5(2)13-8;/h4,6-9H,3,10,15H2,1-2H3;/q-1;. The smallest absolute Gasteiger partial charge is 0.186 e. The molecule has 2 saturated heterocycles. The Hall–Kier alpha value is 1.33. The summed E-state index contributed by atoms with van der Waals surface area (Å²) in [7, 11) is 2.19. The number of nitrogens with two attached hydrogens (primary N) is 1. The molecule has 2 aliphatic heterocycles. The number of rotatable bonds is 2. The fourth-order valence-corrected chi connectivity index (χ4v) is 2.28. The zero-order valence-electron chi connectivity index (χ0n) is 9.46. The first-order valence-electron chi connectivity index (χ1n) is 5.03. The second-order valence-electron chi connectivity index (χ2n) is 4.02. The van der Waals surface area contributed by atoms with Crippen molar-refractivity contribution in [2.24, 2.45) is 11.7 Å². The van der Waals surface area contributed by atoms with E-state index in [1.54, 1.807) is 6.92 Å². The number of ether oxygens (including phenoxy) is 3. The van der Waals surface area contributed by atoms with Crippen molar-refractivity contribution in [2.75, 3.05) is 6.61 Å². The van der Waals surface area contributed by atoms with E-state index in [2.05, 4.69) is 9.47 Å². The Bertz CT molecular complexity index is 234. The number of hydrogen-bond donors (Lipinski definition) is 1. The summed E-state index contributed by atoms with van der Waals surface area (Å²) in [5.41, 5.74) is 5.88. The Morgan fingerprint density at radius 1 is 1.44 bits per heavy atom.